The van der Waals surface area contributed by atoms with Crippen LogP contribution in [0.3, 0.4) is 0 Å². The van der Waals surface area contributed by atoms with Crippen LogP contribution >= 0.6 is 0 Å². The van der Waals surface area contributed by atoms with Crippen LogP contribution in [0.5, 0.6) is 0 Å². The van der Waals surface area contributed by atoms with Gasteiger partial charge in [0.2, 0.25) is 17.7 Å². The molecule has 0 aromatic heterocycles. The lowest BCUT2D eigenvalue weighted by molar-refractivity contribution is -0.132. The summed E-state index contributed by atoms with van der Waals surface area (Å²) in [5.41, 5.74) is 2.01. The minimum Gasteiger partial charge on any atom is -0.340 e. The van der Waals surface area contributed by atoms with Gasteiger partial charge in [-0.2, -0.15) is 0 Å². The average molecular weight is 412 g/mol. The molecule has 7 nitrogen and oxygen atoms in total. The van der Waals surface area contributed by atoms with Crippen LogP contribution in [0.4, 0.5) is 15.8 Å². The Morgan fingerprint density at radius 3 is 2.27 bits per heavy atom. The van der Waals surface area contributed by atoms with Gasteiger partial charge >= 0.3 is 0 Å². The minimum atomic E-state index is -0.398. The predicted molar refractivity (Wildman–Crippen MR) is 112 cm³/mol. The summed E-state index contributed by atoms with van der Waals surface area (Å²) in [4.78, 5) is 39.5. The zero-order valence-electron chi connectivity index (χ0n) is 16.9. The van der Waals surface area contributed by atoms with Gasteiger partial charge in [-0.25, -0.2) is 4.39 Å². The van der Waals surface area contributed by atoms with Gasteiger partial charge in [-0.3, -0.25) is 19.3 Å². The Morgan fingerprint density at radius 2 is 1.63 bits per heavy atom. The van der Waals surface area contributed by atoms with Gasteiger partial charge in [0.1, 0.15) is 5.82 Å². The molecule has 2 aromatic rings. The van der Waals surface area contributed by atoms with E-state index in [1.807, 2.05) is 17.0 Å². The van der Waals surface area contributed by atoms with Gasteiger partial charge in [0.05, 0.1) is 13.0 Å². The summed E-state index contributed by atoms with van der Waals surface area (Å²) in [5.74, 6) is -0.711. The molecule has 0 radical (unpaired) electrons. The molecule has 1 heterocycles. The summed E-state index contributed by atoms with van der Waals surface area (Å²) in [6, 6.07) is 13.0. The number of anilines is 2. The molecular formula is C22H25FN4O3. The molecule has 2 N–H and O–H groups in total. The van der Waals surface area contributed by atoms with Crippen molar-refractivity contribution in [3.05, 3.63) is 59.9 Å². The van der Waals surface area contributed by atoms with Gasteiger partial charge in [-0.1, -0.05) is 18.2 Å². The molecule has 3 rings (SSSR count). The molecule has 3 amide bonds. The molecule has 1 aliphatic rings. The topological polar surface area (TPSA) is 81.8 Å². The minimum absolute atomic E-state index is 0.0335. The molecule has 8 heteroatoms. The van der Waals surface area contributed by atoms with Crippen molar-refractivity contribution in [3.63, 3.8) is 0 Å². The highest BCUT2D eigenvalue weighted by Crippen LogP contribution is 2.13. The highest BCUT2D eigenvalue weighted by Gasteiger charge is 2.22. The number of carbonyl (C=O) groups is 3. The third-order valence-electron chi connectivity index (χ3n) is 4.83. The molecule has 2 aromatic carbocycles. The third kappa shape index (κ3) is 6.38. The van der Waals surface area contributed by atoms with E-state index in [0.717, 1.165) is 5.56 Å². The average Bonchev–Trinajstić information content (AvgIpc) is 2.69. The molecule has 0 saturated carbocycles. The van der Waals surface area contributed by atoms with E-state index in [1.165, 1.54) is 19.1 Å². The lowest BCUT2D eigenvalue weighted by Gasteiger charge is -2.34. The fraction of sp³-hybridized carbons (Fsp3) is 0.318. The van der Waals surface area contributed by atoms with Crippen molar-refractivity contribution in [2.45, 2.75) is 13.3 Å². The molecule has 0 atom stereocenters. The van der Waals surface area contributed by atoms with Crippen molar-refractivity contribution < 1.29 is 18.8 Å². The van der Waals surface area contributed by atoms with Crippen LogP contribution in [0.2, 0.25) is 0 Å². The Labute approximate surface area is 174 Å². The zero-order chi connectivity index (χ0) is 21.5. The number of hydrogen-bond acceptors (Lipinski definition) is 4. The zero-order valence-corrected chi connectivity index (χ0v) is 16.9. The number of benzene rings is 2. The fourth-order valence-electron chi connectivity index (χ4n) is 3.32. The summed E-state index contributed by atoms with van der Waals surface area (Å²) >= 11 is 0. The lowest BCUT2D eigenvalue weighted by Crippen LogP contribution is -2.50. The summed E-state index contributed by atoms with van der Waals surface area (Å²) in [7, 11) is 0. The van der Waals surface area contributed by atoms with Crippen molar-refractivity contribution in [2.24, 2.45) is 0 Å². The van der Waals surface area contributed by atoms with E-state index in [1.54, 1.807) is 29.2 Å². The van der Waals surface area contributed by atoms with Gasteiger partial charge in [-0.15, -0.1) is 0 Å². The Morgan fingerprint density at radius 1 is 0.933 bits per heavy atom. The largest absolute Gasteiger partial charge is 0.340 e. The van der Waals surface area contributed by atoms with Crippen LogP contribution in [0.15, 0.2) is 48.5 Å². The van der Waals surface area contributed by atoms with E-state index >= 15 is 0 Å². The summed E-state index contributed by atoms with van der Waals surface area (Å²) in [5, 5.41) is 5.38. The molecule has 1 aliphatic heterocycles. The van der Waals surface area contributed by atoms with Gasteiger partial charge in [0, 0.05) is 44.5 Å². The summed E-state index contributed by atoms with van der Waals surface area (Å²) < 4.78 is 13.2. The van der Waals surface area contributed by atoms with Crippen molar-refractivity contribution in [3.8, 4) is 0 Å². The Bertz CT molecular complexity index is 909. The molecule has 0 aliphatic carbocycles. The second kappa shape index (κ2) is 9.98. The molecule has 30 heavy (non-hydrogen) atoms. The van der Waals surface area contributed by atoms with Crippen molar-refractivity contribution in [1.82, 2.24) is 9.80 Å². The normalized spacial score (nSPS) is 14.3. The number of hydrogen-bond donors (Lipinski definition) is 2. The molecular weight excluding hydrogens is 387 g/mol. The first-order chi connectivity index (χ1) is 14.4. The highest BCUT2D eigenvalue weighted by atomic mass is 19.1. The first-order valence-corrected chi connectivity index (χ1v) is 9.81. The number of nitrogens with zero attached hydrogens (tertiary/aromatic N) is 2. The first-order valence-electron chi connectivity index (χ1n) is 9.81. The quantitative estimate of drug-likeness (QED) is 0.762. The monoisotopic (exact) mass is 412 g/mol. The van der Waals surface area contributed by atoms with Crippen molar-refractivity contribution in [1.29, 1.82) is 0 Å². The van der Waals surface area contributed by atoms with Crippen LogP contribution in [0.1, 0.15) is 12.5 Å². The van der Waals surface area contributed by atoms with Crippen LogP contribution in [-0.2, 0) is 20.8 Å². The number of amides is 3. The van der Waals surface area contributed by atoms with Crippen LogP contribution < -0.4 is 10.6 Å². The number of piperazine rings is 1. The maximum Gasteiger partial charge on any atom is 0.238 e. The Kier molecular flexibility index (Phi) is 7.13. The molecule has 1 saturated heterocycles. The highest BCUT2D eigenvalue weighted by molar-refractivity contribution is 5.92. The van der Waals surface area contributed by atoms with Crippen LogP contribution in [0, 0.1) is 5.82 Å². The molecule has 1 fully saturated rings. The third-order valence-corrected chi connectivity index (χ3v) is 4.83. The summed E-state index contributed by atoms with van der Waals surface area (Å²) in [6.07, 6.45) is 0.292. The van der Waals surface area contributed by atoms with E-state index in [-0.39, 0.29) is 24.3 Å². The number of carbonyl (C=O) groups excluding carboxylic acids is 3. The van der Waals surface area contributed by atoms with Gasteiger partial charge in [-0.05, 0) is 35.9 Å². The van der Waals surface area contributed by atoms with Crippen molar-refractivity contribution in [2.75, 3.05) is 43.4 Å². The fourth-order valence-corrected chi connectivity index (χ4v) is 3.32. The van der Waals surface area contributed by atoms with Crippen LogP contribution in [-0.4, -0.2) is 60.2 Å². The second-order valence-electron chi connectivity index (χ2n) is 7.27. The van der Waals surface area contributed by atoms with Gasteiger partial charge < -0.3 is 15.5 Å². The SMILES string of the molecule is CC(=O)Nc1ccc(CC(=O)N2CCN(CC(=O)Nc3cccc(F)c3)CC2)cc1. The van der Waals surface area contributed by atoms with E-state index in [9.17, 15) is 18.8 Å². The molecule has 158 valence electrons. The molecule has 0 unspecified atom stereocenters. The maximum atomic E-state index is 13.2. The lowest BCUT2D eigenvalue weighted by atomic mass is 10.1. The van der Waals surface area contributed by atoms with E-state index in [0.29, 0.717) is 44.0 Å². The number of halogens is 1. The molecule has 0 spiro atoms. The van der Waals surface area contributed by atoms with Crippen LogP contribution in [0.25, 0.3) is 0 Å². The summed E-state index contributed by atoms with van der Waals surface area (Å²) in [6.45, 7) is 3.95. The van der Waals surface area contributed by atoms with Crippen molar-refractivity contribution >= 4 is 29.1 Å². The van der Waals surface area contributed by atoms with E-state index < -0.39 is 5.82 Å². The predicted octanol–water partition coefficient (Wildman–Crippen LogP) is 2.11. The second-order valence-corrected chi connectivity index (χ2v) is 7.27. The van der Waals surface area contributed by atoms with E-state index in [2.05, 4.69) is 10.6 Å². The Hall–Kier alpha value is -3.26. The van der Waals surface area contributed by atoms with Gasteiger partial charge in [0.15, 0.2) is 0 Å². The maximum absolute atomic E-state index is 13.2. The van der Waals surface area contributed by atoms with E-state index in [4.69, 9.17) is 0 Å². The number of rotatable bonds is 6. The Balaban J connectivity index is 1.42. The number of nitrogens with one attached hydrogen (secondary N) is 2. The molecule has 0 bridgehead atoms. The first kappa shape index (κ1) is 21.4. The van der Waals surface area contributed by atoms with Gasteiger partial charge in [0.25, 0.3) is 0 Å². The standard InChI is InChI=1S/C22H25FN4O3/c1-16(28)24-19-7-5-17(6-8-19)13-22(30)27-11-9-26(10-12-27)15-21(29)25-20-4-2-3-18(23)14-20/h2-8,14H,9-13,15H2,1H3,(H,24,28)(H,25,29). The smallest absolute Gasteiger partial charge is 0.238 e.